The van der Waals surface area contributed by atoms with Crippen molar-refractivity contribution in [3.05, 3.63) is 30.1 Å². The molecule has 0 fully saturated rings. The SMILES string of the molecule is CC(CCCO)NC(=O)CCSc1ccccc1F. The molecule has 0 heterocycles. The first-order valence-corrected chi connectivity index (χ1v) is 7.39. The Morgan fingerprint density at radius 2 is 2.21 bits per heavy atom. The number of hydrogen-bond donors (Lipinski definition) is 2. The fraction of sp³-hybridized carbons (Fsp3) is 0.500. The molecule has 1 aromatic rings. The van der Waals surface area contributed by atoms with Crippen molar-refractivity contribution in [2.45, 2.75) is 37.1 Å². The van der Waals surface area contributed by atoms with E-state index in [0.717, 1.165) is 6.42 Å². The largest absolute Gasteiger partial charge is 0.396 e. The third kappa shape index (κ3) is 6.59. The van der Waals surface area contributed by atoms with Gasteiger partial charge in [0.05, 0.1) is 0 Å². The fourth-order valence-electron chi connectivity index (χ4n) is 1.63. The number of amides is 1. The Morgan fingerprint density at radius 1 is 1.47 bits per heavy atom. The molecule has 0 saturated heterocycles. The van der Waals surface area contributed by atoms with Crippen LogP contribution >= 0.6 is 11.8 Å². The summed E-state index contributed by atoms with van der Waals surface area (Å²) < 4.78 is 13.3. The van der Waals surface area contributed by atoms with E-state index in [4.69, 9.17) is 5.11 Å². The maximum Gasteiger partial charge on any atom is 0.221 e. The van der Waals surface area contributed by atoms with Crippen LogP contribution in [-0.2, 0) is 4.79 Å². The van der Waals surface area contributed by atoms with Crippen LogP contribution in [0.3, 0.4) is 0 Å². The number of hydrogen-bond acceptors (Lipinski definition) is 3. The molecule has 106 valence electrons. The molecule has 5 heteroatoms. The monoisotopic (exact) mass is 285 g/mol. The Balaban J connectivity index is 2.22. The highest BCUT2D eigenvalue weighted by Crippen LogP contribution is 2.21. The first kappa shape index (κ1) is 16.0. The molecule has 0 aliphatic carbocycles. The molecule has 0 aliphatic heterocycles. The first-order chi connectivity index (χ1) is 9.13. The fourth-order valence-corrected chi connectivity index (χ4v) is 2.52. The predicted octanol–water partition coefficient (Wildman–Crippen LogP) is 2.59. The number of halogens is 1. The number of aliphatic hydroxyl groups excluding tert-OH is 1. The minimum absolute atomic E-state index is 0.0331. The molecule has 0 radical (unpaired) electrons. The zero-order valence-electron chi connectivity index (χ0n) is 11.1. The minimum Gasteiger partial charge on any atom is -0.396 e. The molecule has 1 rings (SSSR count). The Kier molecular flexibility index (Phi) is 7.52. The van der Waals surface area contributed by atoms with Crippen LogP contribution in [0.4, 0.5) is 4.39 Å². The molecule has 0 saturated carbocycles. The summed E-state index contributed by atoms with van der Waals surface area (Å²) in [5.74, 6) is 0.276. The summed E-state index contributed by atoms with van der Waals surface area (Å²) >= 11 is 1.34. The lowest BCUT2D eigenvalue weighted by atomic mass is 10.2. The number of nitrogens with one attached hydrogen (secondary N) is 1. The van der Waals surface area contributed by atoms with Crippen LogP contribution in [0.2, 0.25) is 0 Å². The summed E-state index contributed by atoms with van der Waals surface area (Å²) in [6, 6.07) is 6.62. The summed E-state index contributed by atoms with van der Waals surface area (Å²) in [5, 5.41) is 11.5. The number of rotatable bonds is 8. The van der Waals surface area contributed by atoms with Gasteiger partial charge in [-0.2, -0.15) is 0 Å². The average Bonchev–Trinajstić information content (AvgIpc) is 2.38. The number of carbonyl (C=O) groups is 1. The molecule has 1 amide bonds. The first-order valence-electron chi connectivity index (χ1n) is 6.41. The second kappa shape index (κ2) is 8.93. The van der Waals surface area contributed by atoms with E-state index in [1.807, 2.05) is 6.92 Å². The molecule has 0 spiro atoms. The highest BCUT2D eigenvalue weighted by Gasteiger charge is 2.08. The van der Waals surface area contributed by atoms with Gasteiger partial charge in [0.15, 0.2) is 0 Å². The van der Waals surface area contributed by atoms with Gasteiger partial charge >= 0.3 is 0 Å². The van der Waals surface area contributed by atoms with Crippen molar-refractivity contribution in [2.24, 2.45) is 0 Å². The molecular weight excluding hydrogens is 265 g/mol. The Morgan fingerprint density at radius 3 is 2.89 bits per heavy atom. The van der Waals surface area contributed by atoms with Crippen LogP contribution in [-0.4, -0.2) is 29.4 Å². The molecule has 1 atom stereocenters. The maximum absolute atomic E-state index is 13.3. The second-order valence-electron chi connectivity index (χ2n) is 4.36. The van der Waals surface area contributed by atoms with Gasteiger partial charge in [-0.15, -0.1) is 11.8 Å². The van der Waals surface area contributed by atoms with E-state index in [1.165, 1.54) is 17.8 Å². The third-order valence-electron chi connectivity index (χ3n) is 2.63. The van der Waals surface area contributed by atoms with Crippen LogP contribution in [0.5, 0.6) is 0 Å². The van der Waals surface area contributed by atoms with Crippen LogP contribution in [0.15, 0.2) is 29.2 Å². The number of carbonyl (C=O) groups excluding carboxylic acids is 1. The van der Waals surface area contributed by atoms with Gasteiger partial charge < -0.3 is 10.4 Å². The van der Waals surface area contributed by atoms with Gasteiger partial charge in [0.25, 0.3) is 0 Å². The van der Waals surface area contributed by atoms with Gasteiger partial charge in [-0.05, 0) is 31.9 Å². The van der Waals surface area contributed by atoms with E-state index in [2.05, 4.69) is 5.32 Å². The van der Waals surface area contributed by atoms with E-state index >= 15 is 0 Å². The summed E-state index contributed by atoms with van der Waals surface area (Å²) in [7, 11) is 0. The molecule has 0 aliphatic rings. The average molecular weight is 285 g/mol. The molecule has 19 heavy (non-hydrogen) atoms. The quantitative estimate of drug-likeness (QED) is 0.722. The van der Waals surface area contributed by atoms with E-state index in [0.29, 0.717) is 23.5 Å². The Hall–Kier alpha value is -1.07. The van der Waals surface area contributed by atoms with Crippen molar-refractivity contribution in [3.63, 3.8) is 0 Å². The number of benzene rings is 1. The minimum atomic E-state index is -0.246. The Labute approximate surface area is 117 Å². The van der Waals surface area contributed by atoms with E-state index in [-0.39, 0.29) is 24.4 Å². The third-order valence-corrected chi connectivity index (χ3v) is 3.68. The van der Waals surface area contributed by atoms with Crippen LogP contribution in [0.1, 0.15) is 26.2 Å². The predicted molar refractivity (Wildman–Crippen MR) is 75.7 cm³/mol. The van der Waals surface area contributed by atoms with Gasteiger partial charge in [-0.1, -0.05) is 12.1 Å². The van der Waals surface area contributed by atoms with Crippen molar-refractivity contribution >= 4 is 17.7 Å². The topological polar surface area (TPSA) is 49.3 Å². The van der Waals surface area contributed by atoms with Crippen molar-refractivity contribution in [3.8, 4) is 0 Å². The highest BCUT2D eigenvalue weighted by molar-refractivity contribution is 7.99. The van der Waals surface area contributed by atoms with Gasteiger partial charge in [-0.3, -0.25) is 4.79 Å². The van der Waals surface area contributed by atoms with Crippen LogP contribution in [0, 0.1) is 5.82 Å². The normalized spacial score (nSPS) is 12.2. The zero-order chi connectivity index (χ0) is 14.1. The van der Waals surface area contributed by atoms with Crippen LogP contribution < -0.4 is 5.32 Å². The van der Waals surface area contributed by atoms with Gasteiger partial charge in [0.1, 0.15) is 5.82 Å². The van der Waals surface area contributed by atoms with E-state index in [1.54, 1.807) is 18.2 Å². The number of thioether (sulfide) groups is 1. The number of aliphatic hydroxyl groups is 1. The molecule has 0 bridgehead atoms. The summed E-state index contributed by atoms with van der Waals surface area (Å²) in [5.41, 5.74) is 0. The standard InChI is InChI=1S/C14H20FNO2S/c1-11(5-4-9-17)16-14(18)8-10-19-13-7-3-2-6-12(13)15/h2-3,6-7,11,17H,4-5,8-10H2,1H3,(H,16,18). The van der Waals surface area contributed by atoms with E-state index in [9.17, 15) is 9.18 Å². The lowest BCUT2D eigenvalue weighted by molar-refractivity contribution is -0.121. The summed E-state index contributed by atoms with van der Waals surface area (Å²) in [4.78, 5) is 12.2. The van der Waals surface area contributed by atoms with Crippen LogP contribution in [0.25, 0.3) is 0 Å². The molecule has 0 aromatic heterocycles. The van der Waals surface area contributed by atoms with Crippen molar-refractivity contribution in [2.75, 3.05) is 12.4 Å². The van der Waals surface area contributed by atoms with Gasteiger partial charge in [0, 0.05) is 29.7 Å². The lowest BCUT2D eigenvalue weighted by Crippen LogP contribution is -2.32. The molecular formula is C14H20FNO2S. The van der Waals surface area contributed by atoms with Crippen molar-refractivity contribution < 1.29 is 14.3 Å². The van der Waals surface area contributed by atoms with Crippen molar-refractivity contribution in [1.29, 1.82) is 0 Å². The molecule has 1 aromatic carbocycles. The van der Waals surface area contributed by atoms with E-state index < -0.39 is 0 Å². The smallest absolute Gasteiger partial charge is 0.221 e. The summed E-state index contributed by atoms with van der Waals surface area (Å²) in [6.07, 6.45) is 1.82. The second-order valence-corrected chi connectivity index (χ2v) is 5.50. The lowest BCUT2D eigenvalue weighted by Gasteiger charge is -2.13. The maximum atomic E-state index is 13.3. The summed E-state index contributed by atoms with van der Waals surface area (Å²) in [6.45, 7) is 2.06. The molecule has 3 nitrogen and oxygen atoms in total. The molecule has 2 N–H and O–H groups in total. The van der Waals surface area contributed by atoms with Crippen molar-refractivity contribution in [1.82, 2.24) is 5.32 Å². The zero-order valence-corrected chi connectivity index (χ0v) is 11.9. The highest BCUT2D eigenvalue weighted by atomic mass is 32.2. The van der Waals surface area contributed by atoms with Gasteiger partial charge in [-0.25, -0.2) is 4.39 Å². The van der Waals surface area contributed by atoms with Gasteiger partial charge in [0.2, 0.25) is 5.91 Å². The Bertz CT molecular complexity index is 401. The molecule has 1 unspecified atom stereocenters.